The normalized spacial score (nSPS) is 16.0. The average molecular weight is 266 g/mol. The number of rotatable bonds is 3. The van der Waals surface area contributed by atoms with Crippen molar-refractivity contribution in [1.82, 2.24) is 0 Å². The summed E-state index contributed by atoms with van der Waals surface area (Å²) < 4.78 is 11.1. The molecular formula is C14H18O5. The highest BCUT2D eigenvalue weighted by Gasteiger charge is 2.24. The number of hydrogen-bond donors (Lipinski definition) is 2. The largest absolute Gasteiger partial charge is 0.490 e. The lowest BCUT2D eigenvalue weighted by Crippen LogP contribution is -2.14. The summed E-state index contributed by atoms with van der Waals surface area (Å²) in [5, 5.41) is 18.8. The third kappa shape index (κ3) is 2.81. The summed E-state index contributed by atoms with van der Waals surface area (Å²) in [4.78, 5) is 11.0. The Bertz CT molecular complexity index is 481. The molecule has 5 heteroatoms. The van der Waals surface area contributed by atoms with Crippen LogP contribution in [-0.2, 0) is 4.79 Å². The Labute approximate surface area is 111 Å². The second kappa shape index (κ2) is 5.48. The van der Waals surface area contributed by atoms with Gasteiger partial charge in [-0.15, -0.1) is 0 Å². The quantitative estimate of drug-likeness (QED) is 0.876. The van der Waals surface area contributed by atoms with Crippen molar-refractivity contribution in [2.24, 2.45) is 0 Å². The molecule has 1 aliphatic heterocycles. The van der Waals surface area contributed by atoms with Gasteiger partial charge in [0.25, 0.3) is 0 Å². The molecule has 0 fully saturated rings. The van der Waals surface area contributed by atoms with Crippen LogP contribution in [0.5, 0.6) is 11.5 Å². The first-order chi connectivity index (χ1) is 9.00. The number of carboxylic acids is 1. The van der Waals surface area contributed by atoms with Crippen molar-refractivity contribution in [3.63, 3.8) is 0 Å². The Morgan fingerprint density at radius 2 is 1.68 bits per heavy atom. The maximum atomic E-state index is 11.0. The second-order valence-electron chi connectivity index (χ2n) is 4.87. The molecule has 1 heterocycles. The minimum Gasteiger partial charge on any atom is -0.490 e. The number of aliphatic hydroxyl groups is 1. The third-order valence-electron chi connectivity index (χ3n) is 3.10. The van der Waals surface area contributed by atoms with Crippen LogP contribution >= 0.6 is 0 Å². The Balaban J connectivity index is 2.51. The maximum absolute atomic E-state index is 11.0. The van der Waals surface area contributed by atoms with E-state index in [2.05, 4.69) is 0 Å². The van der Waals surface area contributed by atoms with Gasteiger partial charge in [0.15, 0.2) is 17.6 Å². The molecule has 0 amide bonds. The lowest BCUT2D eigenvalue weighted by molar-refractivity contribution is -0.147. The zero-order valence-electron chi connectivity index (χ0n) is 11.0. The van der Waals surface area contributed by atoms with E-state index in [0.717, 1.165) is 12.0 Å². The lowest BCUT2D eigenvalue weighted by Gasteiger charge is -2.18. The first kappa shape index (κ1) is 13.7. The molecule has 1 aromatic rings. The van der Waals surface area contributed by atoms with E-state index < -0.39 is 12.1 Å². The fourth-order valence-corrected chi connectivity index (χ4v) is 2.11. The van der Waals surface area contributed by atoms with Crippen LogP contribution in [0, 0.1) is 0 Å². The Hall–Kier alpha value is -1.75. The van der Waals surface area contributed by atoms with Crippen molar-refractivity contribution in [2.75, 3.05) is 13.2 Å². The fraction of sp³-hybridized carbons (Fsp3) is 0.500. The number of carbonyl (C=O) groups is 1. The first-order valence-corrected chi connectivity index (χ1v) is 6.35. The van der Waals surface area contributed by atoms with Crippen LogP contribution in [0.15, 0.2) is 12.1 Å². The van der Waals surface area contributed by atoms with E-state index in [1.807, 2.05) is 13.8 Å². The number of hydrogen-bond acceptors (Lipinski definition) is 4. The minimum atomic E-state index is -1.55. The number of carboxylic acid groups (broad SMARTS) is 1. The third-order valence-corrected chi connectivity index (χ3v) is 3.10. The van der Waals surface area contributed by atoms with Gasteiger partial charge < -0.3 is 19.7 Å². The zero-order chi connectivity index (χ0) is 14.0. The maximum Gasteiger partial charge on any atom is 0.337 e. The van der Waals surface area contributed by atoms with Gasteiger partial charge in [-0.2, -0.15) is 0 Å². The number of fused-ring (bicyclic) bond motifs is 1. The molecule has 0 aliphatic carbocycles. The SMILES string of the molecule is CC(C)c1cc2c(cc1C(O)C(=O)O)OCCCO2. The summed E-state index contributed by atoms with van der Waals surface area (Å²) in [5.74, 6) is -0.0720. The molecule has 0 bridgehead atoms. The molecule has 1 aromatic carbocycles. The van der Waals surface area contributed by atoms with Crippen molar-refractivity contribution >= 4 is 5.97 Å². The fourth-order valence-electron chi connectivity index (χ4n) is 2.11. The Kier molecular flexibility index (Phi) is 3.95. The van der Waals surface area contributed by atoms with Gasteiger partial charge in [0.05, 0.1) is 13.2 Å². The van der Waals surface area contributed by atoms with Gasteiger partial charge in [-0.1, -0.05) is 13.8 Å². The van der Waals surface area contributed by atoms with Gasteiger partial charge >= 0.3 is 5.97 Å². The second-order valence-corrected chi connectivity index (χ2v) is 4.87. The van der Waals surface area contributed by atoms with Crippen LogP contribution < -0.4 is 9.47 Å². The molecule has 0 saturated carbocycles. The van der Waals surface area contributed by atoms with Gasteiger partial charge in [0, 0.05) is 6.42 Å². The highest BCUT2D eigenvalue weighted by atomic mass is 16.5. The van der Waals surface area contributed by atoms with Gasteiger partial charge in [-0.25, -0.2) is 4.79 Å². The molecule has 0 spiro atoms. The van der Waals surface area contributed by atoms with Crippen molar-refractivity contribution in [3.05, 3.63) is 23.3 Å². The summed E-state index contributed by atoms with van der Waals surface area (Å²) in [6.07, 6.45) is -0.766. The summed E-state index contributed by atoms with van der Waals surface area (Å²) in [6, 6.07) is 3.35. The standard InChI is InChI=1S/C14H18O5/c1-8(2)9-6-11-12(19-5-3-4-18-11)7-10(9)13(15)14(16)17/h6-8,13,15H,3-5H2,1-2H3,(H,16,17). The molecule has 0 radical (unpaired) electrons. The zero-order valence-corrected chi connectivity index (χ0v) is 11.0. The van der Waals surface area contributed by atoms with Crippen LogP contribution in [-0.4, -0.2) is 29.4 Å². The molecule has 1 unspecified atom stereocenters. The molecule has 0 aromatic heterocycles. The number of benzene rings is 1. The van der Waals surface area contributed by atoms with Crippen LogP contribution in [0.2, 0.25) is 0 Å². The van der Waals surface area contributed by atoms with E-state index in [1.165, 1.54) is 0 Å². The number of aliphatic carboxylic acids is 1. The van der Waals surface area contributed by atoms with Gasteiger partial charge in [-0.05, 0) is 29.2 Å². The summed E-state index contributed by atoms with van der Waals surface area (Å²) in [5.41, 5.74) is 1.13. The molecule has 104 valence electrons. The van der Waals surface area contributed by atoms with Crippen LogP contribution in [0.4, 0.5) is 0 Å². The number of ether oxygens (including phenoxy) is 2. The predicted octanol–water partition coefficient (Wildman–Crippen LogP) is 2.09. The van der Waals surface area contributed by atoms with Crippen molar-refractivity contribution < 1.29 is 24.5 Å². The topological polar surface area (TPSA) is 76.0 Å². The Morgan fingerprint density at radius 1 is 1.16 bits per heavy atom. The minimum absolute atomic E-state index is 0.0844. The molecule has 1 atom stereocenters. The highest BCUT2D eigenvalue weighted by Crippen LogP contribution is 2.37. The molecule has 2 N–H and O–H groups in total. The lowest BCUT2D eigenvalue weighted by atomic mass is 9.93. The van der Waals surface area contributed by atoms with Crippen molar-refractivity contribution in [1.29, 1.82) is 0 Å². The molecule has 1 aliphatic rings. The molecule has 5 nitrogen and oxygen atoms in total. The van der Waals surface area contributed by atoms with E-state index in [1.54, 1.807) is 12.1 Å². The molecule has 19 heavy (non-hydrogen) atoms. The van der Waals surface area contributed by atoms with E-state index in [0.29, 0.717) is 30.3 Å². The van der Waals surface area contributed by atoms with Crippen molar-refractivity contribution in [2.45, 2.75) is 32.3 Å². The van der Waals surface area contributed by atoms with Crippen LogP contribution in [0.1, 0.15) is 43.4 Å². The summed E-state index contributed by atoms with van der Waals surface area (Å²) in [6.45, 7) is 4.98. The van der Waals surface area contributed by atoms with Gasteiger partial charge in [-0.3, -0.25) is 0 Å². The summed E-state index contributed by atoms with van der Waals surface area (Å²) >= 11 is 0. The van der Waals surface area contributed by atoms with E-state index in [-0.39, 0.29) is 5.92 Å². The average Bonchev–Trinajstić information content (AvgIpc) is 2.60. The highest BCUT2D eigenvalue weighted by molar-refractivity contribution is 5.75. The van der Waals surface area contributed by atoms with Crippen molar-refractivity contribution in [3.8, 4) is 11.5 Å². The van der Waals surface area contributed by atoms with Gasteiger partial charge in [0.1, 0.15) is 0 Å². The predicted molar refractivity (Wildman–Crippen MR) is 68.7 cm³/mol. The molecule has 0 saturated heterocycles. The molecular weight excluding hydrogens is 248 g/mol. The van der Waals surface area contributed by atoms with Crippen LogP contribution in [0.25, 0.3) is 0 Å². The Morgan fingerprint density at radius 3 is 2.16 bits per heavy atom. The van der Waals surface area contributed by atoms with Crippen LogP contribution in [0.3, 0.4) is 0 Å². The summed E-state index contributed by atoms with van der Waals surface area (Å²) in [7, 11) is 0. The smallest absolute Gasteiger partial charge is 0.337 e. The molecule has 2 rings (SSSR count). The van der Waals surface area contributed by atoms with E-state index >= 15 is 0 Å². The van der Waals surface area contributed by atoms with Gasteiger partial charge in [0.2, 0.25) is 0 Å². The van der Waals surface area contributed by atoms with E-state index in [4.69, 9.17) is 14.6 Å². The van der Waals surface area contributed by atoms with E-state index in [9.17, 15) is 9.90 Å². The first-order valence-electron chi connectivity index (χ1n) is 6.35. The monoisotopic (exact) mass is 266 g/mol. The number of aliphatic hydroxyl groups excluding tert-OH is 1.